The molecular weight excluding hydrogens is 310 g/mol. The SMILES string of the molecule is CN(Cc1cc(F)cc(C(F)(F)F)c1)C1C[C@H]2CC(O)C[C@H]2C1. The monoisotopic (exact) mass is 331 g/mol. The molecule has 4 atom stereocenters. The molecule has 0 saturated heterocycles. The predicted molar refractivity (Wildman–Crippen MR) is 78.1 cm³/mol. The summed E-state index contributed by atoms with van der Waals surface area (Å²) in [7, 11) is 1.88. The Kier molecular flexibility index (Phi) is 4.40. The lowest BCUT2D eigenvalue weighted by Gasteiger charge is -2.25. The van der Waals surface area contributed by atoms with Gasteiger partial charge in [-0.05, 0) is 68.3 Å². The number of hydrogen-bond donors (Lipinski definition) is 1. The quantitative estimate of drug-likeness (QED) is 0.851. The van der Waals surface area contributed by atoms with Crippen LogP contribution in [0.15, 0.2) is 18.2 Å². The second kappa shape index (κ2) is 6.06. The molecule has 2 nitrogen and oxygen atoms in total. The van der Waals surface area contributed by atoms with Crippen LogP contribution in [0, 0.1) is 17.7 Å². The van der Waals surface area contributed by atoms with Crippen LogP contribution >= 0.6 is 0 Å². The van der Waals surface area contributed by atoms with E-state index in [9.17, 15) is 22.7 Å². The number of alkyl halides is 3. The first-order chi connectivity index (χ1) is 10.7. The standard InChI is InChI=1S/C17H21F4NO/c1-22(15-4-11-6-16(23)7-12(11)5-15)9-10-2-13(17(19,20)21)8-14(18)3-10/h2-3,8,11-12,15-16,23H,4-7,9H2,1H3/t11-,12+,15?,16?. The molecule has 2 fully saturated rings. The molecule has 0 amide bonds. The van der Waals surface area contributed by atoms with Gasteiger partial charge in [0.1, 0.15) is 5.82 Å². The predicted octanol–water partition coefficient (Wildman–Crippen LogP) is 3.83. The van der Waals surface area contributed by atoms with Crippen LogP contribution in [0.4, 0.5) is 17.6 Å². The van der Waals surface area contributed by atoms with E-state index in [0.717, 1.165) is 31.7 Å². The minimum Gasteiger partial charge on any atom is -0.393 e. The van der Waals surface area contributed by atoms with Gasteiger partial charge in [0.15, 0.2) is 0 Å². The summed E-state index contributed by atoms with van der Waals surface area (Å²) in [4.78, 5) is 2.01. The number of hydrogen-bond acceptors (Lipinski definition) is 2. The van der Waals surface area contributed by atoms with E-state index in [2.05, 4.69) is 0 Å². The van der Waals surface area contributed by atoms with Gasteiger partial charge in [0.25, 0.3) is 0 Å². The highest BCUT2D eigenvalue weighted by Gasteiger charge is 2.42. The van der Waals surface area contributed by atoms with E-state index < -0.39 is 17.6 Å². The first-order valence-corrected chi connectivity index (χ1v) is 7.97. The number of rotatable bonds is 3. The maximum absolute atomic E-state index is 13.5. The largest absolute Gasteiger partial charge is 0.416 e. The fourth-order valence-corrected chi connectivity index (χ4v) is 4.23. The van der Waals surface area contributed by atoms with Gasteiger partial charge < -0.3 is 5.11 Å². The Morgan fingerprint density at radius 3 is 2.26 bits per heavy atom. The van der Waals surface area contributed by atoms with Crippen LogP contribution in [0.25, 0.3) is 0 Å². The van der Waals surface area contributed by atoms with Crippen LogP contribution in [0.1, 0.15) is 36.8 Å². The molecule has 2 saturated carbocycles. The molecule has 2 unspecified atom stereocenters. The first-order valence-electron chi connectivity index (χ1n) is 7.97. The Labute approximate surface area is 133 Å². The zero-order chi connectivity index (χ0) is 16.8. The highest BCUT2D eigenvalue weighted by molar-refractivity contribution is 5.27. The molecule has 0 radical (unpaired) electrons. The number of benzene rings is 1. The number of aliphatic hydroxyl groups excluding tert-OH is 1. The normalized spacial score (nSPS) is 30.9. The Morgan fingerprint density at radius 1 is 1.09 bits per heavy atom. The van der Waals surface area contributed by atoms with E-state index in [1.807, 2.05) is 11.9 Å². The van der Waals surface area contributed by atoms with Crippen LogP contribution < -0.4 is 0 Å². The average molecular weight is 331 g/mol. The van der Waals surface area contributed by atoms with Crippen LogP contribution in [-0.2, 0) is 12.7 Å². The summed E-state index contributed by atoms with van der Waals surface area (Å²) in [5.74, 6) is 0.168. The molecule has 6 heteroatoms. The lowest BCUT2D eigenvalue weighted by atomic mass is 10.0. The summed E-state index contributed by atoms with van der Waals surface area (Å²) in [6.07, 6.45) is -1.16. The Bertz CT molecular complexity index is 560. The van der Waals surface area contributed by atoms with Crippen molar-refractivity contribution in [1.82, 2.24) is 4.90 Å². The molecule has 2 aliphatic carbocycles. The third-order valence-corrected chi connectivity index (χ3v) is 5.31. The Hall–Kier alpha value is -1.14. The second-order valence-electron chi connectivity index (χ2n) is 7.03. The van der Waals surface area contributed by atoms with E-state index in [1.54, 1.807) is 0 Å². The molecule has 128 valence electrons. The van der Waals surface area contributed by atoms with Crippen molar-refractivity contribution in [3.63, 3.8) is 0 Å². The van der Waals surface area contributed by atoms with Crippen LogP contribution in [0.5, 0.6) is 0 Å². The molecular formula is C17H21F4NO. The second-order valence-corrected chi connectivity index (χ2v) is 7.03. The average Bonchev–Trinajstić information content (AvgIpc) is 2.94. The van der Waals surface area contributed by atoms with Crippen molar-refractivity contribution >= 4 is 0 Å². The van der Waals surface area contributed by atoms with Gasteiger partial charge in [-0.3, -0.25) is 4.90 Å². The van der Waals surface area contributed by atoms with E-state index >= 15 is 0 Å². The van der Waals surface area contributed by atoms with E-state index in [4.69, 9.17) is 0 Å². The van der Waals surface area contributed by atoms with Crippen molar-refractivity contribution in [3.05, 3.63) is 35.1 Å². The molecule has 1 aromatic rings. The van der Waals surface area contributed by atoms with Gasteiger partial charge in [-0.2, -0.15) is 13.2 Å². The topological polar surface area (TPSA) is 23.5 Å². The molecule has 0 bridgehead atoms. The molecule has 1 aromatic carbocycles. The summed E-state index contributed by atoms with van der Waals surface area (Å²) in [6, 6.07) is 3.02. The molecule has 0 spiro atoms. The van der Waals surface area contributed by atoms with Gasteiger partial charge in [0.05, 0.1) is 11.7 Å². The third-order valence-electron chi connectivity index (χ3n) is 5.31. The van der Waals surface area contributed by atoms with Crippen LogP contribution in [0.2, 0.25) is 0 Å². The fourth-order valence-electron chi connectivity index (χ4n) is 4.23. The Morgan fingerprint density at radius 2 is 1.70 bits per heavy atom. The van der Waals surface area contributed by atoms with Gasteiger partial charge in [-0.1, -0.05) is 0 Å². The summed E-state index contributed by atoms with van der Waals surface area (Å²) in [5, 5.41) is 9.67. The fraction of sp³-hybridized carbons (Fsp3) is 0.647. The van der Waals surface area contributed by atoms with Gasteiger partial charge >= 0.3 is 6.18 Å². The van der Waals surface area contributed by atoms with Crippen molar-refractivity contribution in [3.8, 4) is 0 Å². The molecule has 2 aliphatic rings. The zero-order valence-electron chi connectivity index (χ0n) is 13.0. The van der Waals surface area contributed by atoms with Crippen LogP contribution in [-0.4, -0.2) is 29.2 Å². The summed E-state index contributed by atoms with van der Waals surface area (Å²) in [5.41, 5.74) is -0.593. The molecule has 23 heavy (non-hydrogen) atoms. The summed E-state index contributed by atoms with van der Waals surface area (Å²) in [6.45, 7) is 0.299. The summed E-state index contributed by atoms with van der Waals surface area (Å²) < 4.78 is 51.8. The number of halogens is 4. The molecule has 0 heterocycles. The van der Waals surface area contributed by atoms with Gasteiger partial charge in [0, 0.05) is 12.6 Å². The highest BCUT2D eigenvalue weighted by atomic mass is 19.4. The van der Waals surface area contributed by atoms with Gasteiger partial charge in [-0.25, -0.2) is 4.39 Å². The van der Waals surface area contributed by atoms with Crippen molar-refractivity contribution < 1.29 is 22.7 Å². The smallest absolute Gasteiger partial charge is 0.393 e. The maximum atomic E-state index is 13.5. The van der Waals surface area contributed by atoms with E-state index in [-0.39, 0.29) is 12.1 Å². The number of fused-ring (bicyclic) bond motifs is 1. The highest BCUT2D eigenvalue weighted by Crippen LogP contribution is 2.45. The lowest BCUT2D eigenvalue weighted by Crippen LogP contribution is -2.30. The van der Waals surface area contributed by atoms with Crippen molar-refractivity contribution in [2.24, 2.45) is 11.8 Å². The minimum absolute atomic E-state index is 0.200. The van der Waals surface area contributed by atoms with Crippen molar-refractivity contribution in [2.45, 2.75) is 50.6 Å². The maximum Gasteiger partial charge on any atom is 0.416 e. The zero-order valence-corrected chi connectivity index (χ0v) is 13.0. The van der Waals surface area contributed by atoms with E-state index in [1.165, 1.54) is 6.07 Å². The van der Waals surface area contributed by atoms with Gasteiger partial charge in [-0.15, -0.1) is 0 Å². The lowest BCUT2D eigenvalue weighted by molar-refractivity contribution is -0.137. The minimum atomic E-state index is -4.53. The number of nitrogens with zero attached hydrogens (tertiary/aromatic N) is 1. The third kappa shape index (κ3) is 3.69. The van der Waals surface area contributed by atoms with Gasteiger partial charge in [0.2, 0.25) is 0 Å². The molecule has 0 aromatic heterocycles. The van der Waals surface area contributed by atoms with Crippen molar-refractivity contribution in [2.75, 3.05) is 7.05 Å². The Balaban J connectivity index is 1.67. The summed E-state index contributed by atoms with van der Waals surface area (Å²) >= 11 is 0. The van der Waals surface area contributed by atoms with Crippen molar-refractivity contribution in [1.29, 1.82) is 0 Å². The molecule has 0 aliphatic heterocycles. The van der Waals surface area contributed by atoms with Crippen LogP contribution in [0.3, 0.4) is 0 Å². The molecule has 1 N–H and O–H groups in total. The number of aliphatic hydroxyl groups is 1. The van der Waals surface area contributed by atoms with E-state index in [0.29, 0.717) is 30.0 Å². The molecule has 3 rings (SSSR count). The first kappa shape index (κ1) is 16.7.